The molecular formula is C7H7BF3NO. The molecule has 0 aliphatic rings. The molecule has 70 valence electrons. The summed E-state index contributed by atoms with van der Waals surface area (Å²) in [6, 6.07) is 2.06. The van der Waals surface area contributed by atoms with E-state index in [0.29, 0.717) is 5.46 Å². The lowest BCUT2D eigenvalue weighted by Crippen LogP contribution is -2.27. The van der Waals surface area contributed by atoms with Crippen LogP contribution in [0.1, 0.15) is 5.69 Å². The molecule has 1 N–H and O–H groups in total. The van der Waals surface area contributed by atoms with Crippen LogP contribution in [0, 0.1) is 0 Å². The number of alkyl halides is 3. The Morgan fingerprint density at radius 3 is 2.31 bits per heavy atom. The normalized spacial score (nSPS) is 11.5. The predicted octanol–water partition coefficient (Wildman–Crippen LogP) is 0.921. The third-order valence-electron chi connectivity index (χ3n) is 1.56. The molecule has 0 aliphatic carbocycles. The standard InChI is InChI=1S/C7H7BF3NO/c1-8(13)5-2-3-6(12-4-5)7(9,10)11/h2-4,13H,1H3. The van der Waals surface area contributed by atoms with Gasteiger partial charge >= 0.3 is 13.1 Å². The fraction of sp³-hybridized carbons (Fsp3) is 0.286. The van der Waals surface area contributed by atoms with Gasteiger partial charge in [-0.05, 0) is 11.5 Å². The van der Waals surface area contributed by atoms with Gasteiger partial charge in [-0.1, -0.05) is 12.9 Å². The third-order valence-corrected chi connectivity index (χ3v) is 1.56. The molecule has 0 spiro atoms. The van der Waals surface area contributed by atoms with E-state index in [1.54, 1.807) is 0 Å². The molecule has 0 aliphatic heterocycles. The van der Waals surface area contributed by atoms with Crippen LogP contribution in [-0.2, 0) is 6.18 Å². The van der Waals surface area contributed by atoms with E-state index in [-0.39, 0.29) is 0 Å². The van der Waals surface area contributed by atoms with Crippen LogP contribution in [0.4, 0.5) is 13.2 Å². The Labute approximate surface area is 73.5 Å². The number of hydrogen-bond acceptors (Lipinski definition) is 2. The Kier molecular flexibility index (Phi) is 2.61. The van der Waals surface area contributed by atoms with Gasteiger partial charge in [0.25, 0.3) is 0 Å². The highest BCUT2D eigenvalue weighted by Gasteiger charge is 2.32. The summed E-state index contributed by atoms with van der Waals surface area (Å²) >= 11 is 0. The summed E-state index contributed by atoms with van der Waals surface area (Å²) in [6.45, 7) is 0.666. The first-order chi connectivity index (χ1) is 5.91. The van der Waals surface area contributed by atoms with Crippen LogP contribution in [-0.4, -0.2) is 16.9 Å². The Hall–Kier alpha value is -1.04. The van der Waals surface area contributed by atoms with Gasteiger partial charge in [-0.2, -0.15) is 13.2 Å². The smallest absolute Gasteiger partial charge is 0.433 e. The first-order valence-corrected chi connectivity index (χ1v) is 3.62. The highest BCUT2D eigenvalue weighted by atomic mass is 19.4. The van der Waals surface area contributed by atoms with E-state index in [4.69, 9.17) is 5.02 Å². The van der Waals surface area contributed by atoms with Crippen molar-refractivity contribution in [2.24, 2.45) is 0 Å². The van der Waals surface area contributed by atoms with E-state index in [2.05, 4.69) is 4.98 Å². The lowest BCUT2D eigenvalue weighted by molar-refractivity contribution is -0.141. The summed E-state index contributed by atoms with van der Waals surface area (Å²) in [5.74, 6) is 0. The van der Waals surface area contributed by atoms with E-state index < -0.39 is 18.8 Å². The van der Waals surface area contributed by atoms with E-state index in [1.165, 1.54) is 12.9 Å². The van der Waals surface area contributed by atoms with Crippen LogP contribution in [0.2, 0.25) is 6.82 Å². The fourth-order valence-electron chi connectivity index (χ4n) is 0.820. The summed E-state index contributed by atoms with van der Waals surface area (Å²) in [6.07, 6.45) is -3.40. The first kappa shape index (κ1) is 10.0. The van der Waals surface area contributed by atoms with Crippen molar-refractivity contribution in [3.05, 3.63) is 24.0 Å². The fourth-order valence-corrected chi connectivity index (χ4v) is 0.820. The molecular weight excluding hydrogens is 182 g/mol. The summed E-state index contributed by atoms with van der Waals surface area (Å²) in [4.78, 5) is 3.19. The van der Waals surface area contributed by atoms with Crippen molar-refractivity contribution in [2.45, 2.75) is 13.0 Å². The van der Waals surface area contributed by atoms with E-state index in [1.807, 2.05) is 0 Å². The van der Waals surface area contributed by atoms with Crippen molar-refractivity contribution in [1.29, 1.82) is 0 Å². The number of pyridine rings is 1. The van der Waals surface area contributed by atoms with E-state index >= 15 is 0 Å². The molecule has 2 nitrogen and oxygen atoms in total. The molecule has 1 rings (SSSR count). The molecule has 6 heteroatoms. The van der Waals surface area contributed by atoms with Crippen LogP contribution in [0.5, 0.6) is 0 Å². The van der Waals surface area contributed by atoms with Gasteiger partial charge in [-0.25, -0.2) is 0 Å². The van der Waals surface area contributed by atoms with Crippen LogP contribution in [0.25, 0.3) is 0 Å². The van der Waals surface area contributed by atoms with Crippen LogP contribution < -0.4 is 5.46 Å². The van der Waals surface area contributed by atoms with Gasteiger partial charge in [0.1, 0.15) is 5.69 Å². The Morgan fingerprint density at radius 2 is 2.00 bits per heavy atom. The maximum atomic E-state index is 12.0. The predicted molar refractivity (Wildman–Crippen MR) is 42.7 cm³/mol. The summed E-state index contributed by atoms with van der Waals surface area (Å²) in [7, 11) is 0. The molecule has 0 saturated heterocycles. The van der Waals surface area contributed by atoms with Crippen LogP contribution in [0.3, 0.4) is 0 Å². The second-order valence-corrected chi connectivity index (χ2v) is 2.65. The van der Waals surface area contributed by atoms with Crippen molar-refractivity contribution in [2.75, 3.05) is 0 Å². The number of aromatic nitrogens is 1. The molecule has 1 aromatic heterocycles. The summed E-state index contributed by atoms with van der Waals surface area (Å²) < 4.78 is 36.0. The zero-order valence-electron chi connectivity index (χ0n) is 6.84. The van der Waals surface area contributed by atoms with Crippen molar-refractivity contribution in [1.82, 2.24) is 4.98 Å². The highest BCUT2D eigenvalue weighted by molar-refractivity contribution is 6.64. The molecule has 0 amide bonds. The van der Waals surface area contributed by atoms with Crippen LogP contribution in [0.15, 0.2) is 18.3 Å². The molecule has 1 aromatic rings. The molecule has 0 bridgehead atoms. The number of rotatable bonds is 1. The van der Waals surface area contributed by atoms with Gasteiger partial charge in [-0.3, -0.25) is 4.98 Å². The molecule has 0 fully saturated rings. The molecule has 0 atom stereocenters. The Morgan fingerprint density at radius 1 is 1.38 bits per heavy atom. The van der Waals surface area contributed by atoms with Crippen molar-refractivity contribution < 1.29 is 18.2 Å². The molecule has 1 heterocycles. The SMILES string of the molecule is CB(O)c1ccc(C(F)(F)F)nc1. The number of halogens is 3. The van der Waals surface area contributed by atoms with Gasteiger partial charge in [0.2, 0.25) is 0 Å². The van der Waals surface area contributed by atoms with Gasteiger partial charge < -0.3 is 5.02 Å². The lowest BCUT2D eigenvalue weighted by atomic mass is 9.65. The molecule has 0 unspecified atom stereocenters. The van der Waals surface area contributed by atoms with Gasteiger partial charge in [0, 0.05) is 6.20 Å². The third kappa shape index (κ3) is 2.45. The topological polar surface area (TPSA) is 33.1 Å². The van der Waals surface area contributed by atoms with Crippen molar-refractivity contribution in [3.63, 3.8) is 0 Å². The Balaban J connectivity index is 2.94. The van der Waals surface area contributed by atoms with Gasteiger partial charge in [-0.15, -0.1) is 0 Å². The molecule has 0 aromatic carbocycles. The molecule has 0 saturated carbocycles. The van der Waals surface area contributed by atoms with E-state index in [9.17, 15) is 13.2 Å². The van der Waals surface area contributed by atoms with Crippen molar-refractivity contribution in [3.8, 4) is 0 Å². The van der Waals surface area contributed by atoms with Gasteiger partial charge in [0.05, 0.1) is 0 Å². The number of nitrogens with zero attached hydrogens (tertiary/aromatic N) is 1. The maximum absolute atomic E-state index is 12.0. The highest BCUT2D eigenvalue weighted by Crippen LogP contribution is 2.26. The monoisotopic (exact) mass is 189 g/mol. The second-order valence-electron chi connectivity index (χ2n) is 2.65. The minimum Gasteiger partial charge on any atom is -0.446 e. The average molecular weight is 189 g/mol. The quantitative estimate of drug-likeness (QED) is 0.666. The van der Waals surface area contributed by atoms with Gasteiger partial charge in [0.15, 0.2) is 0 Å². The second kappa shape index (κ2) is 3.37. The summed E-state index contributed by atoms with van der Waals surface area (Å²) in [5, 5.41) is 9.00. The number of hydrogen-bond donors (Lipinski definition) is 1. The first-order valence-electron chi connectivity index (χ1n) is 3.62. The maximum Gasteiger partial charge on any atom is 0.433 e. The lowest BCUT2D eigenvalue weighted by Gasteiger charge is -2.06. The zero-order valence-corrected chi connectivity index (χ0v) is 6.84. The minimum atomic E-state index is -4.42. The Bertz CT molecular complexity index is 283. The average Bonchev–Trinajstić information content (AvgIpc) is 2.03. The molecule has 13 heavy (non-hydrogen) atoms. The van der Waals surface area contributed by atoms with Crippen LogP contribution >= 0.6 is 0 Å². The van der Waals surface area contributed by atoms with Crippen molar-refractivity contribution >= 4 is 12.4 Å². The minimum absolute atomic E-state index is 0.369. The zero-order chi connectivity index (χ0) is 10.1. The summed E-state index contributed by atoms with van der Waals surface area (Å²) in [5.41, 5.74) is -0.579. The van der Waals surface area contributed by atoms with E-state index in [0.717, 1.165) is 12.3 Å². The molecule has 0 radical (unpaired) electrons. The largest absolute Gasteiger partial charge is 0.446 e.